The fourth-order valence-electron chi connectivity index (χ4n) is 1.65. The third kappa shape index (κ3) is 2.22. The van der Waals surface area contributed by atoms with E-state index in [1.54, 1.807) is 32.0 Å². The van der Waals surface area contributed by atoms with Crippen LogP contribution in [-0.2, 0) is 9.53 Å². The zero-order valence-corrected chi connectivity index (χ0v) is 9.74. The second kappa shape index (κ2) is 4.45. The van der Waals surface area contributed by atoms with Crippen LogP contribution in [0.4, 0.5) is 11.4 Å². The Balaban J connectivity index is 2.28. The highest BCUT2D eigenvalue weighted by molar-refractivity contribution is 6.04. The van der Waals surface area contributed by atoms with Crippen LogP contribution in [0.2, 0.25) is 0 Å². The molecule has 0 unspecified atom stereocenters. The van der Waals surface area contributed by atoms with Gasteiger partial charge in [0.25, 0.3) is 0 Å². The number of benzene rings is 1. The predicted molar refractivity (Wildman–Crippen MR) is 64.1 cm³/mol. The summed E-state index contributed by atoms with van der Waals surface area (Å²) in [6.07, 6.45) is 0. The molecule has 2 N–H and O–H groups in total. The van der Waals surface area contributed by atoms with E-state index in [4.69, 9.17) is 4.74 Å². The average Bonchev–Trinajstić information content (AvgIpc) is 2.30. The molecule has 5 heteroatoms. The van der Waals surface area contributed by atoms with Gasteiger partial charge in [0, 0.05) is 0 Å². The van der Waals surface area contributed by atoms with Crippen LogP contribution < -0.4 is 10.6 Å². The summed E-state index contributed by atoms with van der Waals surface area (Å²) in [6, 6.07) is 4.78. The number of amides is 1. The first kappa shape index (κ1) is 11.4. The SMILES string of the molecule is CCOC(=O)c1ccc2c(c1)NC(=O)[C@H](C)N2. The van der Waals surface area contributed by atoms with Gasteiger partial charge in [0.15, 0.2) is 0 Å². The lowest BCUT2D eigenvalue weighted by atomic mass is 10.1. The molecule has 0 bridgehead atoms. The molecule has 1 aromatic rings. The molecule has 0 saturated carbocycles. The fraction of sp³-hybridized carbons (Fsp3) is 0.333. The van der Waals surface area contributed by atoms with E-state index in [9.17, 15) is 9.59 Å². The third-order valence-corrected chi connectivity index (χ3v) is 2.55. The van der Waals surface area contributed by atoms with E-state index < -0.39 is 0 Å². The molecular weight excluding hydrogens is 220 g/mol. The van der Waals surface area contributed by atoms with Gasteiger partial charge < -0.3 is 15.4 Å². The summed E-state index contributed by atoms with van der Waals surface area (Å²) in [5.41, 5.74) is 1.85. The molecule has 0 spiro atoms. The number of hydrogen-bond donors (Lipinski definition) is 2. The Kier molecular flexibility index (Phi) is 2.99. The van der Waals surface area contributed by atoms with Gasteiger partial charge in [-0.2, -0.15) is 0 Å². The Bertz CT molecular complexity index is 471. The molecular formula is C12H14N2O3. The lowest BCUT2D eigenvalue weighted by molar-refractivity contribution is -0.116. The van der Waals surface area contributed by atoms with Gasteiger partial charge in [0.1, 0.15) is 6.04 Å². The molecule has 17 heavy (non-hydrogen) atoms. The molecule has 1 aliphatic rings. The van der Waals surface area contributed by atoms with Crippen molar-refractivity contribution >= 4 is 23.3 Å². The van der Waals surface area contributed by atoms with Gasteiger partial charge >= 0.3 is 5.97 Å². The van der Waals surface area contributed by atoms with Crippen molar-refractivity contribution in [3.63, 3.8) is 0 Å². The third-order valence-electron chi connectivity index (χ3n) is 2.55. The van der Waals surface area contributed by atoms with E-state index in [0.29, 0.717) is 17.9 Å². The van der Waals surface area contributed by atoms with Crippen LogP contribution in [0, 0.1) is 0 Å². The number of carbonyl (C=O) groups excluding carboxylic acids is 2. The quantitative estimate of drug-likeness (QED) is 0.763. The molecule has 1 amide bonds. The van der Waals surface area contributed by atoms with Gasteiger partial charge in [-0.05, 0) is 32.0 Å². The van der Waals surface area contributed by atoms with Crippen LogP contribution in [0.15, 0.2) is 18.2 Å². The first-order valence-electron chi connectivity index (χ1n) is 5.50. The highest BCUT2D eigenvalue weighted by Gasteiger charge is 2.22. The van der Waals surface area contributed by atoms with E-state index >= 15 is 0 Å². The van der Waals surface area contributed by atoms with Crippen molar-refractivity contribution in [2.24, 2.45) is 0 Å². The standard InChI is InChI=1S/C12H14N2O3/c1-3-17-12(16)8-4-5-9-10(6-8)14-11(15)7(2)13-9/h4-7,13H,3H2,1-2H3,(H,14,15)/t7-/m0/s1. The summed E-state index contributed by atoms with van der Waals surface area (Å²) in [5, 5.41) is 5.78. The topological polar surface area (TPSA) is 67.4 Å². The monoisotopic (exact) mass is 234 g/mol. The van der Waals surface area contributed by atoms with Crippen molar-refractivity contribution < 1.29 is 14.3 Å². The molecule has 1 aliphatic heterocycles. The van der Waals surface area contributed by atoms with Crippen LogP contribution in [-0.4, -0.2) is 24.5 Å². The highest BCUT2D eigenvalue weighted by atomic mass is 16.5. The second-order valence-electron chi connectivity index (χ2n) is 3.84. The summed E-state index contributed by atoms with van der Waals surface area (Å²) < 4.78 is 4.89. The van der Waals surface area contributed by atoms with Gasteiger partial charge in [-0.25, -0.2) is 4.79 Å². The maximum atomic E-state index is 11.5. The number of carbonyl (C=O) groups is 2. The lowest BCUT2D eigenvalue weighted by Gasteiger charge is -2.24. The second-order valence-corrected chi connectivity index (χ2v) is 3.84. The van der Waals surface area contributed by atoms with E-state index in [1.165, 1.54) is 0 Å². The number of esters is 1. The van der Waals surface area contributed by atoms with Crippen LogP contribution in [0.25, 0.3) is 0 Å². The molecule has 1 heterocycles. The first-order chi connectivity index (χ1) is 8.11. The van der Waals surface area contributed by atoms with Crippen LogP contribution >= 0.6 is 0 Å². The molecule has 2 rings (SSSR count). The number of nitrogens with one attached hydrogen (secondary N) is 2. The molecule has 0 fully saturated rings. The Hall–Kier alpha value is -2.04. The van der Waals surface area contributed by atoms with Crippen LogP contribution in [0.3, 0.4) is 0 Å². The Morgan fingerprint density at radius 3 is 2.88 bits per heavy atom. The lowest BCUT2D eigenvalue weighted by Crippen LogP contribution is -2.36. The maximum absolute atomic E-state index is 11.5. The molecule has 90 valence electrons. The minimum Gasteiger partial charge on any atom is -0.462 e. The number of hydrogen-bond acceptors (Lipinski definition) is 4. The largest absolute Gasteiger partial charge is 0.462 e. The summed E-state index contributed by atoms with van der Waals surface area (Å²) in [5.74, 6) is -0.498. The van der Waals surface area contributed by atoms with Gasteiger partial charge in [-0.15, -0.1) is 0 Å². The van der Waals surface area contributed by atoms with Crippen molar-refractivity contribution in [2.75, 3.05) is 17.2 Å². The summed E-state index contributed by atoms with van der Waals surface area (Å²) in [7, 11) is 0. The fourth-order valence-corrected chi connectivity index (χ4v) is 1.65. The van der Waals surface area contributed by atoms with Gasteiger partial charge in [0.05, 0.1) is 23.5 Å². The Morgan fingerprint density at radius 1 is 1.41 bits per heavy atom. The predicted octanol–water partition coefficient (Wildman–Crippen LogP) is 1.62. The molecule has 5 nitrogen and oxygen atoms in total. The zero-order valence-electron chi connectivity index (χ0n) is 9.74. The van der Waals surface area contributed by atoms with Crippen LogP contribution in [0.5, 0.6) is 0 Å². The summed E-state index contributed by atoms with van der Waals surface area (Å²) in [6.45, 7) is 3.86. The van der Waals surface area contributed by atoms with Gasteiger partial charge in [0.2, 0.25) is 5.91 Å². The number of fused-ring (bicyclic) bond motifs is 1. The zero-order chi connectivity index (χ0) is 12.4. The average molecular weight is 234 g/mol. The number of anilines is 2. The molecule has 0 aromatic heterocycles. The molecule has 1 atom stereocenters. The number of ether oxygens (including phenoxy) is 1. The van der Waals surface area contributed by atoms with Gasteiger partial charge in [-0.3, -0.25) is 4.79 Å². The van der Waals surface area contributed by atoms with E-state index in [1.807, 2.05) is 0 Å². The molecule has 1 aromatic carbocycles. The molecule has 0 aliphatic carbocycles. The summed E-state index contributed by atoms with van der Waals surface area (Å²) >= 11 is 0. The van der Waals surface area contributed by atoms with Crippen molar-refractivity contribution in [1.82, 2.24) is 0 Å². The maximum Gasteiger partial charge on any atom is 0.338 e. The van der Waals surface area contributed by atoms with Crippen molar-refractivity contribution in [2.45, 2.75) is 19.9 Å². The van der Waals surface area contributed by atoms with Crippen molar-refractivity contribution in [3.05, 3.63) is 23.8 Å². The van der Waals surface area contributed by atoms with E-state index in [-0.39, 0.29) is 17.9 Å². The molecule has 0 radical (unpaired) electrons. The van der Waals surface area contributed by atoms with Crippen molar-refractivity contribution in [3.8, 4) is 0 Å². The number of rotatable bonds is 2. The molecule has 0 saturated heterocycles. The minimum absolute atomic E-state index is 0.112. The summed E-state index contributed by atoms with van der Waals surface area (Å²) in [4.78, 5) is 23.0. The Morgan fingerprint density at radius 2 is 2.18 bits per heavy atom. The Labute approximate surface area is 99.2 Å². The van der Waals surface area contributed by atoms with Crippen molar-refractivity contribution in [1.29, 1.82) is 0 Å². The minimum atomic E-state index is -0.386. The highest BCUT2D eigenvalue weighted by Crippen LogP contribution is 2.27. The smallest absolute Gasteiger partial charge is 0.338 e. The van der Waals surface area contributed by atoms with Gasteiger partial charge in [-0.1, -0.05) is 0 Å². The normalized spacial score (nSPS) is 17.8. The first-order valence-corrected chi connectivity index (χ1v) is 5.50. The van der Waals surface area contributed by atoms with E-state index in [2.05, 4.69) is 10.6 Å². The van der Waals surface area contributed by atoms with Crippen LogP contribution in [0.1, 0.15) is 24.2 Å². The van der Waals surface area contributed by atoms with E-state index in [0.717, 1.165) is 5.69 Å².